The highest BCUT2D eigenvalue weighted by Gasteiger charge is 2.17. The Balaban J connectivity index is 1.64. The molecule has 1 saturated heterocycles. The third kappa shape index (κ3) is 5.93. The molecule has 2 aromatic carbocycles. The summed E-state index contributed by atoms with van der Waals surface area (Å²) in [5.74, 6) is 2.21. The number of anilines is 2. The molecule has 0 spiro atoms. The first-order valence-electron chi connectivity index (χ1n) is 12.6. The van der Waals surface area contributed by atoms with Crippen LogP contribution in [0.4, 0.5) is 11.4 Å². The maximum Gasteiger partial charge on any atom is 0.203 e. The normalized spacial score (nSPS) is 14.4. The fraction of sp³-hybridized carbons (Fsp3) is 0.379. The third-order valence-electron chi connectivity index (χ3n) is 6.78. The Hall–Kier alpha value is -4.00. The second kappa shape index (κ2) is 12.5. The van der Waals surface area contributed by atoms with Gasteiger partial charge in [-0.1, -0.05) is 12.2 Å². The number of rotatable bonds is 10. The highest BCUT2D eigenvalue weighted by atomic mass is 16.5. The maximum atomic E-state index is 9.84. The highest BCUT2D eigenvalue weighted by Crippen LogP contribution is 2.42. The van der Waals surface area contributed by atoms with E-state index < -0.39 is 0 Å². The Morgan fingerprint density at radius 2 is 1.63 bits per heavy atom. The van der Waals surface area contributed by atoms with Crippen molar-refractivity contribution in [3.63, 3.8) is 0 Å². The quantitative estimate of drug-likeness (QED) is 0.416. The number of hydrogen-bond donors (Lipinski definition) is 1. The summed E-state index contributed by atoms with van der Waals surface area (Å²) < 4.78 is 22.1. The first-order valence-corrected chi connectivity index (χ1v) is 12.6. The molecule has 0 unspecified atom stereocenters. The predicted molar refractivity (Wildman–Crippen MR) is 150 cm³/mol. The van der Waals surface area contributed by atoms with Crippen molar-refractivity contribution in [1.29, 1.82) is 5.26 Å². The van der Waals surface area contributed by atoms with E-state index in [1.54, 1.807) is 46.8 Å². The molecule has 0 aliphatic carbocycles. The number of aromatic nitrogens is 1. The molecular formula is C29H35N5O4. The molecule has 2 heterocycles. The van der Waals surface area contributed by atoms with Gasteiger partial charge in [0.05, 0.1) is 45.2 Å². The van der Waals surface area contributed by atoms with E-state index in [0.29, 0.717) is 39.9 Å². The largest absolute Gasteiger partial charge is 0.496 e. The molecule has 0 atom stereocenters. The summed E-state index contributed by atoms with van der Waals surface area (Å²) in [6.45, 7) is 5.48. The lowest BCUT2D eigenvalue weighted by Crippen LogP contribution is -2.44. The Morgan fingerprint density at radius 3 is 2.24 bits per heavy atom. The second-order valence-corrected chi connectivity index (χ2v) is 9.14. The van der Waals surface area contributed by atoms with Crippen molar-refractivity contribution in [1.82, 2.24) is 14.8 Å². The van der Waals surface area contributed by atoms with E-state index in [4.69, 9.17) is 18.9 Å². The Morgan fingerprint density at radius 1 is 0.947 bits per heavy atom. The van der Waals surface area contributed by atoms with Crippen molar-refractivity contribution < 1.29 is 18.9 Å². The average Bonchev–Trinajstić information content (AvgIpc) is 2.95. The van der Waals surface area contributed by atoms with Crippen LogP contribution in [0.15, 0.2) is 36.5 Å². The summed E-state index contributed by atoms with van der Waals surface area (Å²) in [5, 5.41) is 14.0. The summed E-state index contributed by atoms with van der Waals surface area (Å²) in [4.78, 5) is 9.42. The second-order valence-electron chi connectivity index (χ2n) is 9.14. The van der Waals surface area contributed by atoms with E-state index in [1.165, 1.54) is 0 Å². The van der Waals surface area contributed by atoms with Gasteiger partial charge in [-0.25, -0.2) is 0 Å². The number of benzene rings is 2. The van der Waals surface area contributed by atoms with Crippen LogP contribution < -0.4 is 24.3 Å². The molecule has 0 bridgehead atoms. The van der Waals surface area contributed by atoms with E-state index in [9.17, 15) is 5.26 Å². The molecule has 1 N–H and O–H groups in total. The van der Waals surface area contributed by atoms with Gasteiger partial charge >= 0.3 is 0 Å². The number of ether oxygens (including phenoxy) is 4. The molecule has 1 aliphatic heterocycles. The number of methoxy groups -OCH3 is 4. The number of nitrogens with one attached hydrogen (secondary N) is 1. The van der Waals surface area contributed by atoms with Crippen LogP contribution in [0, 0.1) is 11.3 Å². The van der Waals surface area contributed by atoms with Crippen LogP contribution in [0.25, 0.3) is 17.0 Å². The molecule has 1 aromatic heterocycles. The Labute approximate surface area is 224 Å². The van der Waals surface area contributed by atoms with Gasteiger partial charge in [-0.05, 0) is 25.6 Å². The lowest BCUT2D eigenvalue weighted by molar-refractivity contribution is 0.156. The highest BCUT2D eigenvalue weighted by molar-refractivity contribution is 5.98. The number of piperazine rings is 1. The van der Waals surface area contributed by atoms with Crippen LogP contribution in [0.3, 0.4) is 0 Å². The van der Waals surface area contributed by atoms with Gasteiger partial charge in [-0.2, -0.15) is 5.26 Å². The molecular weight excluding hydrogens is 482 g/mol. The van der Waals surface area contributed by atoms with Gasteiger partial charge in [-0.15, -0.1) is 0 Å². The van der Waals surface area contributed by atoms with Crippen LogP contribution in [0.5, 0.6) is 23.0 Å². The number of nitriles is 1. The summed E-state index contributed by atoms with van der Waals surface area (Å²) in [5.41, 5.74) is 3.39. The molecule has 0 radical (unpaired) electrons. The smallest absolute Gasteiger partial charge is 0.203 e. The van der Waals surface area contributed by atoms with Gasteiger partial charge in [0.25, 0.3) is 0 Å². The zero-order valence-corrected chi connectivity index (χ0v) is 22.7. The summed E-state index contributed by atoms with van der Waals surface area (Å²) in [6, 6.07) is 9.74. The topological polar surface area (TPSA) is 92.1 Å². The summed E-state index contributed by atoms with van der Waals surface area (Å²) in [6.07, 6.45) is 6.80. The first kappa shape index (κ1) is 27.0. The fourth-order valence-electron chi connectivity index (χ4n) is 4.60. The van der Waals surface area contributed by atoms with Gasteiger partial charge < -0.3 is 34.1 Å². The molecule has 200 valence electrons. The summed E-state index contributed by atoms with van der Waals surface area (Å²) >= 11 is 0. The van der Waals surface area contributed by atoms with Crippen molar-refractivity contribution >= 4 is 28.4 Å². The van der Waals surface area contributed by atoms with Crippen LogP contribution in [0.1, 0.15) is 17.5 Å². The molecule has 1 aliphatic rings. The van der Waals surface area contributed by atoms with Crippen LogP contribution >= 0.6 is 0 Å². The summed E-state index contributed by atoms with van der Waals surface area (Å²) in [7, 11) is 8.50. The lowest BCUT2D eigenvalue weighted by Gasteiger charge is -2.32. The van der Waals surface area contributed by atoms with E-state index >= 15 is 0 Å². The minimum Gasteiger partial charge on any atom is -0.496 e. The monoisotopic (exact) mass is 517 g/mol. The zero-order valence-electron chi connectivity index (χ0n) is 22.7. The molecule has 0 saturated carbocycles. The SMILES string of the molecule is COc1cc2c(Nc3cc(OC)c(OC)c(OC)c3)c(C#N)cnc2cc1C=CCCN1CCN(C)CC1. The van der Waals surface area contributed by atoms with E-state index in [0.717, 1.165) is 55.6 Å². The Bertz CT molecular complexity index is 1320. The number of likely N-dealkylation sites (N-methyl/N-ethyl adjacent to an activating group) is 1. The van der Waals surface area contributed by atoms with Crippen molar-refractivity contribution in [3.05, 3.63) is 47.7 Å². The van der Waals surface area contributed by atoms with Crippen LogP contribution in [-0.2, 0) is 0 Å². The van der Waals surface area contributed by atoms with Crippen molar-refractivity contribution in [2.24, 2.45) is 0 Å². The first-order chi connectivity index (χ1) is 18.5. The standard InChI is InChI=1S/C29H35N5O4/c1-33-10-12-34(13-11-33)9-7-6-8-20-14-24-23(17-25(20)35-2)28(21(18-30)19-31-24)32-22-15-26(36-3)29(38-5)27(16-22)37-4/h6,8,14-17,19H,7,9-13H2,1-5H3,(H,31,32). The van der Waals surface area contributed by atoms with Crippen molar-refractivity contribution in [2.75, 3.05) is 73.5 Å². The maximum absolute atomic E-state index is 9.84. The fourth-order valence-corrected chi connectivity index (χ4v) is 4.60. The van der Waals surface area contributed by atoms with E-state index in [-0.39, 0.29) is 0 Å². The minimum atomic E-state index is 0.406. The number of pyridine rings is 1. The lowest BCUT2D eigenvalue weighted by atomic mass is 10.0. The Kier molecular flexibility index (Phi) is 8.89. The molecule has 0 amide bonds. The predicted octanol–water partition coefficient (Wildman–Crippen LogP) is 4.54. The van der Waals surface area contributed by atoms with Gasteiger partial charge in [-0.3, -0.25) is 4.98 Å². The minimum absolute atomic E-state index is 0.406. The molecule has 9 nitrogen and oxygen atoms in total. The van der Waals surface area contributed by atoms with Crippen LogP contribution in [0.2, 0.25) is 0 Å². The van der Waals surface area contributed by atoms with E-state index in [2.05, 4.69) is 45.4 Å². The van der Waals surface area contributed by atoms with Crippen molar-refractivity contribution in [2.45, 2.75) is 6.42 Å². The molecule has 9 heteroatoms. The zero-order chi connectivity index (χ0) is 27.1. The van der Waals surface area contributed by atoms with Crippen LogP contribution in [-0.4, -0.2) is 83.0 Å². The van der Waals surface area contributed by atoms with E-state index in [1.807, 2.05) is 12.1 Å². The van der Waals surface area contributed by atoms with Gasteiger partial charge in [0.15, 0.2) is 11.5 Å². The molecule has 4 rings (SSSR count). The number of fused-ring (bicyclic) bond motifs is 1. The van der Waals surface area contributed by atoms with Gasteiger partial charge in [0.1, 0.15) is 11.8 Å². The molecule has 38 heavy (non-hydrogen) atoms. The number of hydrogen-bond acceptors (Lipinski definition) is 9. The third-order valence-corrected chi connectivity index (χ3v) is 6.78. The van der Waals surface area contributed by atoms with Crippen molar-refractivity contribution in [3.8, 4) is 29.1 Å². The molecule has 1 fully saturated rings. The average molecular weight is 518 g/mol. The van der Waals surface area contributed by atoms with Gasteiger partial charge in [0.2, 0.25) is 5.75 Å². The molecule has 3 aromatic rings. The number of nitrogens with zero attached hydrogens (tertiary/aromatic N) is 4. The van der Waals surface area contributed by atoms with Gasteiger partial charge in [0, 0.05) is 67.7 Å².